The molecule has 0 bridgehead atoms. The normalized spacial score (nSPS) is 47.6. The number of hydrogen-bond acceptors (Lipinski definition) is 2. The lowest BCUT2D eigenvalue weighted by Gasteiger charge is -2.70. The van der Waals surface area contributed by atoms with Gasteiger partial charge in [0.1, 0.15) is 5.78 Å². The minimum atomic E-state index is -0.586. The van der Waals surface area contributed by atoms with E-state index in [0.717, 1.165) is 51.4 Å². The number of ketones is 1. The van der Waals surface area contributed by atoms with E-state index in [1.807, 2.05) is 0 Å². The highest BCUT2D eigenvalue weighted by Crippen LogP contribution is 2.75. The van der Waals surface area contributed by atoms with E-state index < -0.39 is 5.97 Å². The highest BCUT2D eigenvalue weighted by Gasteiger charge is 2.68. The van der Waals surface area contributed by atoms with E-state index in [1.165, 1.54) is 12.0 Å². The summed E-state index contributed by atoms with van der Waals surface area (Å²) in [5.41, 5.74) is 3.38. The third-order valence-corrected chi connectivity index (χ3v) is 13.0. The Morgan fingerprint density at radius 2 is 1.64 bits per heavy atom. The van der Waals surface area contributed by atoms with Crippen LogP contribution in [-0.2, 0) is 9.59 Å². The summed E-state index contributed by atoms with van der Waals surface area (Å²) in [4.78, 5) is 25.5. The van der Waals surface area contributed by atoms with Gasteiger partial charge in [-0.2, -0.15) is 0 Å². The number of Topliss-reactive ketones (excluding diaryl/α,β-unsaturated/α-hetero) is 1. The molecule has 5 rings (SSSR count). The number of carboxylic acid groups (broad SMARTS) is 1. The van der Waals surface area contributed by atoms with E-state index in [4.69, 9.17) is 0 Å². The number of allylic oxidation sites excluding steroid dienone is 4. The van der Waals surface area contributed by atoms with Crippen molar-refractivity contribution < 1.29 is 14.7 Å². The van der Waals surface area contributed by atoms with E-state index in [1.54, 1.807) is 5.57 Å². The van der Waals surface area contributed by atoms with Crippen LogP contribution in [0.3, 0.4) is 0 Å². The Hall–Kier alpha value is -1.38. The second-order valence-electron chi connectivity index (χ2n) is 15.5. The van der Waals surface area contributed by atoms with Gasteiger partial charge in [0.25, 0.3) is 0 Å². The standard InChI is InChI=1S/C33H50O3/c1-9-10-20-17-25-31(6)14-13-26(34)30(4,5)24(31)12-16-32(25,7)33(8)15-11-21-22(27(20)33)18-29(2,3)19-23(21)28(35)36/h9-10,21-25H,11-19H2,1-8H3,(H,35,36)/b10-9-/t21?,22?,23-,24?,25?,31?,32?,33?/m1/s1. The molecule has 0 amide bonds. The van der Waals surface area contributed by atoms with Gasteiger partial charge >= 0.3 is 5.97 Å². The Labute approximate surface area is 219 Å². The molecule has 3 heteroatoms. The summed E-state index contributed by atoms with van der Waals surface area (Å²) in [6.07, 6.45) is 13.8. The predicted octanol–water partition coefficient (Wildman–Crippen LogP) is 8.24. The molecule has 5 aliphatic carbocycles. The molecule has 0 aromatic heterocycles. The zero-order valence-corrected chi connectivity index (χ0v) is 24.2. The number of carboxylic acids is 1. The van der Waals surface area contributed by atoms with Gasteiger partial charge in [-0.3, -0.25) is 9.59 Å². The molecule has 0 aromatic carbocycles. The summed E-state index contributed by atoms with van der Waals surface area (Å²) >= 11 is 0. The van der Waals surface area contributed by atoms with Crippen LogP contribution in [0, 0.1) is 56.7 Å². The lowest BCUT2D eigenvalue weighted by Crippen LogP contribution is -2.64. The zero-order chi connectivity index (χ0) is 26.5. The Bertz CT molecular complexity index is 1030. The average molecular weight is 495 g/mol. The number of rotatable bonds is 2. The molecule has 3 nitrogen and oxygen atoms in total. The Morgan fingerprint density at radius 1 is 0.944 bits per heavy atom. The summed E-state index contributed by atoms with van der Waals surface area (Å²) in [5.74, 6) is 1.28. The zero-order valence-electron chi connectivity index (χ0n) is 24.2. The van der Waals surface area contributed by atoms with Crippen LogP contribution >= 0.6 is 0 Å². The number of hydrogen-bond donors (Lipinski definition) is 1. The molecule has 200 valence electrons. The lowest BCUT2D eigenvalue weighted by atomic mass is 9.33. The second-order valence-corrected chi connectivity index (χ2v) is 15.5. The van der Waals surface area contributed by atoms with Crippen LogP contribution < -0.4 is 0 Å². The van der Waals surface area contributed by atoms with E-state index in [-0.39, 0.29) is 38.9 Å². The summed E-state index contributed by atoms with van der Waals surface area (Å²) in [5, 5.41) is 10.3. The summed E-state index contributed by atoms with van der Waals surface area (Å²) in [6, 6.07) is 0. The van der Waals surface area contributed by atoms with Crippen LogP contribution in [0.5, 0.6) is 0 Å². The molecule has 36 heavy (non-hydrogen) atoms. The van der Waals surface area contributed by atoms with Crippen molar-refractivity contribution >= 4 is 11.8 Å². The monoisotopic (exact) mass is 494 g/mol. The van der Waals surface area contributed by atoms with Gasteiger partial charge < -0.3 is 5.11 Å². The number of carbonyl (C=O) groups excluding carboxylic acids is 1. The van der Waals surface area contributed by atoms with Gasteiger partial charge in [-0.05, 0) is 109 Å². The fourth-order valence-corrected chi connectivity index (χ4v) is 11.2. The molecule has 1 N–H and O–H groups in total. The van der Waals surface area contributed by atoms with Crippen LogP contribution in [0.25, 0.3) is 0 Å². The Morgan fingerprint density at radius 3 is 2.28 bits per heavy atom. The van der Waals surface area contributed by atoms with Crippen molar-refractivity contribution in [2.75, 3.05) is 0 Å². The van der Waals surface area contributed by atoms with Gasteiger partial charge in [-0.1, -0.05) is 66.2 Å². The molecule has 4 saturated carbocycles. The fourth-order valence-electron chi connectivity index (χ4n) is 11.2. The first-order valence-electron chi connectivity index (χ1n) is 14.7. The second kappa shape index (κ2) is 8.06. The van der Waals surface area contributed by atoms with Gasteiger partial charge in [-0.15, -0.1) is 0 Å². The molecule has 0 aliphatic heterocycles. The topological polar surface area (TPSA) is 54.4 Å². The molecule has 0 spiro atoms. The Kier molecular flexibility index (Phi) is 5.87. The van der Waals surface area contributed by atoms with Gasteiger partial charge in [0.2, 0.25) is 0 Å². The van der Waals surface area contributed by atoms with Gasteiger partial charge in [0.15, 0.2) is 0 Å². The van der Waals surface area contributed by atoms with Crippen molar-refractivity contribution in [3.05, 3.63) is 23.3 Å². The number of fused-ring (bicyclic) bond motifs is 7. The van der Waals surface area contributed by atoms with E-state index in [2.05, 4.69) is 67.5 Å². The van der Waals surface area contributed by atoms with Crippen molar-refractivity contribution in [3.8, 4) is 0 Å². The third-order valence-electron chi connectivity index (χ3n) is 13.0. The quantitative estimate of drug-likeness (QED) is 0.420. The minimum absolute atomic E-state index is 0.0473. The maximum Gasteiger partial charge on any atom is 0.306 e. The van der Waals surface area contributed by atoms with Crippen LogP contribution in [0.4, 0.5) is 0 Å². The Balaban J connectivity index is 1.67. The molecule has 8 atom stereocenters. The SMILES string of the molecule is C/C=C\C1=C2C3CC(C)(C)C[C@@H](C(=O)O)C3CCC2(C)C2(C)CCC3C(C)(C)C(=O)CCC3(C)C2C1. The van der Waals surface area contributed by atoms with Gasteiger partial charge in [0.05, 0.1) is 5.92 Å². The van der Waals surface area contributed by atoms with Crippen molar-refractivity contribution in [2.45, 2.75) is 113 Å². The lowest BCUT2D eigenvalue weighted by molar-refractivity contribution is -0.184. The summed E-state index contributed by atoms with van der Waals surface area (Å²) < 4.78 is 0. The minimum Gasteiger partial charge on any atom is -0.481 e. The fraction of sp³-hybridized carbons (Fsp3) is 0.818. The molecular weight excluding hydrogens is 444 g/mol. The molecule has 7 unspecified atom stereocenters. The summed E-state index contributed by atoms with van der Waals surface area (Å²) in [6.45, 7) is 18.9. The van der Waals surface area contributed by atoms with Gasteiger partial charge in [-0.25, -0.2) is 0 Å². The first kappa shape index (κ1) is 26.2. The molecule has 0 radical (unpaired) electrons. The molecule has 4 fully saturated rings. The average Bonchev–Trinajstić information content (AvgIpc) is 2.77. The predicted molar refractivity (Wildman–Crippen MR) is 145 cm³/mol. The molecule has 0 heterocycles. The highest BCUT2D eigenvalue weighted by atomic mass is 16.4. The van der Waals surface area contributed by atoms with Crippen molar-refractivity contribution in [1.82, 2.24) is 0 Å². The summed E-state index contributed by atoms with van der Waals surface area (Å²) in [7, 11) is 0. The van der Waals surface area contributed by atoms with Crippen LogP contribution in [0.15, 0.2) is 23.3 Å². The molecule has 0 saturated heterocycles. The maximum absolute atomic E-state index is 13.0. The van der Waals surface area contributed by atoms with Crippen molar-refractivity contribution in [2.24, 2.45) is 56.7 Å². The first-order chi connectivity index (χ1) is 16.6. The highest BCUT2D eigenvalue weighted by molar-refractivity contribution is 5.85. The maximum atomic E-state index is 13.0. The van der Waals surface area contributed by atoms with Crippen molar-refractivity contribution in [3.63, 3.8) is 0 Å². The van der Waals surface area contributed by atoms with Crippen LogP contribution in [0.1, 0.15) is 113 Å². The molecule has 0 aromatic rings. The van der Waals surface area contributed by atoms with Crippen LogP contribution in [0.2, 0.25) is 0 Å². The number of carbonyl (C=O) groups is 2. The van der Waals surface area contributed by atoms with Crippen molar-refractivity contribution in [1.29, 1.82) is 0 Å². The third kappa shape index (κ3) is 3.35. The molecule has 5 aliphatic rings. The first-order valence-corrected chi connectivity index (χ1v) is 14.7. The largest absolute Gasteiger partial charge is 0.481 e. The van der Waals surface area contributed by atoms with E-state index in [9.17, 15) is 14.7 Å². The van der Waals surface area contributed by atoms with Crippen LogP contribution in [-0.4, -0.2) is 16.9 Å². The molecular formula is C33H50O3. The smallest absolute Gasteiger partial charge is 0.306 e. The number of aliphatic carboxylic acids is 1. The van der Waals surface area contributed by atoms with Gasteiger partial charge in [0, 0.05) is 11.8 Å². The van der Waals surface area contributed by atoms with E-state index in [0.29, 0.717) is 23.5 Å². The van der Waals surface area contributed by atoms with E-state index >= 15 is 0 Å².